The third kappa shape index (κ3) is 4.41. The van der Waals surface area contributed by atoms with Crippen molar-refractivity contribution >= 4 is 9.84 Å². The molecule has 0 aliphatic rings. The van der Waals surface area contributed by atoms with Gasteiger partial charge in [-0.25, -0.2) is 8.42 Å². The fourth-order valence-electron chi connectivity index (χ4n) is 2.28. The smallest absolute Gasteiger partial charge is 0.175 e. The first kappa shape index (κ1) is 15.7. The van der Waals surface area contributed by atoms with Crippen LogP contribution in [0.25, 0.3) is 0 Å². The fraction of sp³-hybridized carbons (Fsp3) is 0.294. The molecule has 0 aliphatic heterocycles. The molecular weight excluding hydrogens is 282 g/mol. The minimum Gasteiger partial charge on any atom is -0.306 e. The van der Waals surface area contributed by atoms with Gasteiger partial charge >= 0.3 is 0 Å². The predicted octanol–water partition coefficient (Wildman–Crippen LogP) is 3.33. The lowest BCUT2D eigenvalue weighted by atomic mass is 10.0. The van der Waals surface area contributed by atoms with E-state index in [1.54, 1.807) is 12.1 Å². The summed E-state index contributed by atoms with van der Waals surface area (Å²) in [6, 6.07) is 17.7. The molecule has 0 heterocycles. The monoisotopic (exact) mass is 303 g/mol. The van der Waals surface area contributed by atoms with Crippen LogP contribution in [0.1, 0.15) is 30.5 Å². The van der Waals surface area contributed by atoms with Gasteiger partial charge in [-0.1, -0.05) is 49.4 Å². The summed E-state index contributed by atoms with van der Waals surface area (Å²) in [6.45, 7) is 2.87. The molecule has 21 heavy (non-hydrogen) atoms. The Morgan fingerprint density at radius 3 is 2.14 bits per heavy atom. The lowest BCUT2D eigenvalue weighted by Gasteiger charge is -2.17. The van der Waals surface area contributed by atoms with Gasteiger partial charge in [0.05, 0.1) is 4.90 Å². The highest BCUT2D eigenvalue weighted by Crippen LogP contribution is 2.17. The molecule has 0 radical (unpaired) electrons. The summed E-state index contributed by atoms with van der Waals surface area (Å²) in [5, 5.41) is 3.51. The lowest BCUT2D eigenvalue weighted by molar-refractivity contribution is 0.519. The first-order valence-corrected chi connectivity index (χ1v) is 8.97. The molecule has 0 spiro atoms. The number of benzene rings is 2. The van der Waals surface area contributed by atoms with Crippen LogP contribution in [0.2, 0.25) is 0 Å². The molecule has 1 N–H and O–H groups in total. The van der Waals surface area contributed by atoms with Crippen molar-refractivity contribution in [3.8, 4) is 0 Å². The van der Waals surface area contributed by atoms with Gasteiger partial charge in [0.1, 0.15) is 0 Å². The Balaban J connectivity index is 2.02. The largest absolute Gasteiger partial charge is 0.306 e. The standard InChI is InChI=1S/C17H21NO2S/c1-3-17(15-7-5-4-6-8-15)18-13-14-9-11-16(12-10-14)21(2,19)20/h4-12,17-18H,3,13H2,1-2H3. The van der Waals surface area contributed by atoms with Crippen molar-refractivity contribution in [3.63, 3.8) is 0 Å². The first-order valence-electron chi connectivity index (χ1n) is 7.08. The molecular formula is C17H21NO2S. The van der Waals surface area contributed by atoms with E-state index in [2.05, 4.69) is 24.4 Å². The van der Waals surface area contributed by atoms with E-state index in [9.17, 15) is 8.42 Å². The van der Waals surface area contributed by atoms with Crippen molar-refractivity contribution in [1.82, 2.24) is 5.32 Å². The Kier molecular flexibility index (Phi) is 5.15. The molecule has 0 amide bonds. The highest BCUT2D eigenvalue weighted by Gasteiger charge is 2.09. The summed E-state index contributed by atoms with van der Waals surface area (Å²) in [5.41, 5.74) is 2.35. The average molecular weight is 303 g/mol. The third-order valence-corrected chi connectivity index (χ3v) is 4.64. The topological polar surface area (TPSA) is 46.2 Å². The second kappa shape index (κ2) is 6.87. The molecule has 2 aromatic rings. The van der Waals surface area contributed by atoms with Crippen LogP contribution in [-0.4, -0.2) is 14.7 Å². The van der Waals surface area contributed by atoms with Crippen molar-refractivity contribution in [3.05, 3.63) is 65.7 Å². The Morgan fingerprint density at radius 1 is 1.00 bits per heavy atom. The van der Waals surface area contributed by atoms with E-state index >= 15 is 0 Å². The minimum atomic E-state index is -3.12. The molecule has 0 aliphatic carbocycles. The van der Waals surface area contributed by atoms with E-state index < -0.39 is 9.84 Å². The molecule has 0 saturated carbocycles. The first-order chi connectivity index (χ1) is 10.0. The van der Waals surface area contributed by atoms with Crippen molar-refractivity contribution in [1.29, 1.82) is 0 Å². The van der Waals surface area contributed by atoms with E-state index in [1.165, 1.54) is 11.8 Å². The fourth-order valence-corrected chi connectivity index (χ4v) is 2.91. The van der Waals surface area contributed by atoms with E-state index in [0.29, 0.717) is 10.9 Å². The molecule has 112 valence electrons. The van der Waals surface area contributed by atoms with Gasteiger partial charge in [-0.15, -0.1) is 0 Å². The number of rotatable bonds is 6. The van der Waals surface area contributed by atoms with Crippen LogP contribution in [0, 0.1) is 0 Å². The minimum absolute atomic E-state index is 0.306. The van der Waals surface area contributed by atoms with E-state index in [1.807, 2.05) is 30.3 Å². The SMILES string of the molecule is CCC(NCc1ccc(S(C)(=O)=O)cc1)c1ccccc1. The molecule has 3 nitrogen and oxygen atoms in total. The normalized spacial score (nSPS) is 13.0. The Hall–Kier alpha value is -1.65. The zero-order valence-corrected chi connectivity index (χ0v) is 13.2. The summed E-state index contributed by atoms with van der Waals surface area (Å²) in [6.07, 6.45) is 2.23. The van der Waals surface area contributed by atoms with Crippen LogP contribution in [0.15, 0.2) is 59.5 Å². The zero-order valence-electron chi connectivity index (χ0n) is 12.4. The predicted molar refractivity (Wildman–Crippen MR) is 85.9 cm³/mol. The summed E-state index contributed by atoms with van der Waals surface area (Å²) in [5.74, 6) is 0. The summed E-state index contributed by atoms with van der Waals surface area (Å²) in [7, 11) is -3.12. The molecule has 0 saturated heterocycles. The summed E-state index contributed by atoms with van der Waals surface area (Å²) < 4.78 is 22.9. The van der Waals surface area contributed by atoms with Crippen LogP contribution in [0.3, 0.4) is 0 Å². The maximum Gasteiger partial charge on any atom is 0.175 e. The second-order valence-corrected chi connectivity index (χ2v) is 7.18. The van der Waals surface area contributed by atoms with E-state index in [4.69, 9.17) is 0 Å². The Labute approximate surface area is 126 Å². The maximum absolute atomic E-state index is 11.4. The van der Waals surface area contributed by atoms with Gasteiger partial charge in [-0.2, -0.15) is 0 Å². The molecule has 4 heteroatoms. The molecule has 0 bridgehead atoms. The molecule has 1 unspecified atom stereocenters. The van der Waals surface area contributed by atoms with Crippen LogP contribution >= 0.6 is 0 Å². The molecule has 2 rings (SSSR count). The van der Waals surface area contributed by atoms with Crippen molar-refractivity contribution in [2.24, 2.45) is 0 Å². The number of sulfone groups is 1. The number of hydrogen-bond acceptors (Lipinski definition) is 3. The van der Waals surface area contributed by atoms with Crippen LogP contribution in [0.4, 0.5) is 0 Å². The summed E-state index contributed by atoms with van der Waals surface area (Å²) >= 11 is 0. The second-order valence-electron chi connectivity index (χ2n) is 5.17. The molecule has 2 aromatic carbocycles. The Bertz CT molecular complexity index is 664. The van der Waals surface area contributed by atoms with Gasteiger partial charge in [0.15, 0.2) is 9.84 Å². The van der Waals surface area contributed by atoms with Crippen LogP contribution < -0.4 is 5.32 Å². The quantitative estimate of drug-likeness (QED) is 0.890. The third-order valence-electron chi connectivity index (χ3n) is 3.51. The Morgan fingerprint density at radius 2 is 1.62 bits per heavy atom. The highest BCUT2D eigenvalue weighted by molar-refractivity contribution is 7.90. The molecule has 0 aromatic heterocycles. The van der Waals surface area contributed by atoms with Gasteiger partial charge < -0.3 is 5.32 Å². The van der Waals surface area contributed by atoms with Crippen molar-refractivity contribution < 1.29 is 8.42 Å². The van der Waals surface area contributed by atoms with Gasteiger partial charge in [-0.05, 0) is 29.7 Å². The van der Waals surface area contributed by atoms with Crippen molar-refractivity contribution in [2.45, 2.75) is 30.8 Å². The van der Waals surface area contributed by atoms with Gasteiger partial charge in [0.2, 0.25) is 0 Å². The van der Waals surface area contributed by atoms with Crippen LogP contribution in [-0.2, 0) is 16.4 Å². The van der Waals surface area contributed by atoms with Crippen LogP contribution in [0.5, 0.6) is 0 Å². The highest BCUT2D eigenvalue weighted by atomic mass is 32.2. The number of nitrogens with one attached hydrogen (secondary N) is 1. The maximum atomic E-state index is 11.4. The van der Waals surface area contributed by atoms with E-state index in [0.717, 1.165) is 18.5 Å². The number of hydrogen-bond donors (Lipinski definition) is 1. The summed E-state index contributed by atoms with van der Waals surface area (Å²) in [4.78, 5) is 0.362. The molecule has 1 atom stereocenters. The average Bonchev–Trinajstić information content (AvgIpc) is 2.48. The van der Waals surface area contributed by atoms with E-state index in [-0.39, 0.29) is 0 Å². The van der Waals surface area contributed by atoms with Gasteiger partial charge in [0.25, 0.3) is 0 Å². The zero-order chi connectivity index (χ0) is 15.3. The van der Waals surface area contributed by atoms with Gasteiger partial charge in [0, 0.05) is 18.8 Å². The van der Waals surface area contributed by atoms with Crippen molar-refractivity contribution in [2.75, 3.05) is 6.26 Å². The van der Waals surface area contributed by atoms with Gasteiger partial charge in [-0.3, -0.25) is 0 Å². The lowest BCUT2D eigenvalue weighted by Crippen LogP contribution is -2.20. The molecule has 0 fully saturated rings.